The van der Waals surface area contributed by atoms with Crippen molar-refractivity contribution < 1.29 is 14.3 Å². The van der Waals surface area contributed by atoms with Gasteiger partial charge in [0.05, 0.1) is 12.3 Å². The van der Waals surface area contributed by atoms with Crippen molar-refractivity contribution in [1.82, 2.24) is 0 Å². The third-order valence-electron chi connectivity index (χ3n) is 5.16. The highest BCUT2D eigenvalue weighted by Gasteiger charge is 2.61. The first-order valence-electron chi connectivity index (χ1n) is 8.39. The van der Waals surface area contributed by atoms with E-state index in [0.29, 0.717) is 12.8 Å². The summed E-state index contributed by atoms with van der Waals surface area (Å²) in [5.74, 6) is 0.0833. The van der Waals surface area contributed by atoms with Gasteiger partial charge in [-0.25, -0.2) is 0 Å². The number of Topliss-reactive ketones (excluding diaryl/α,β-unsaturated/α-hetero) is 1. The van der Waals surface area contributed by atoms with Crippen LogP contribution in [0.3, 0.4) is 0 Å². The van der Waals surface area contributed by atoms with E-state index < -0.39 is 0 Å². The average molecular weight is 316 g/mol. The molecule has 2 aliphatic carbocycles. The topological polar surface area (TPSA) is 43.4 Å². The number of esters is 1. The molecule has 0 spiro atoms. The standard InChI is InChI=1S/C20H28O3/c1-7-8-9-14-13(4)17(11-16(14)21)23-19(22)18-15(10-12(2)3)20(18,5)6/h7-8,10,15,17-18H,9,11H2,1-6H3/b8-7-/t15-,17-,18-/m0/s1. The van der Waals surface area contributed by atoms with E-state index in [2.05, 4.69) is 19.9 Å². The van der Waals surface area contributed by atoms with Crippen molar-refractivity contribution in [3.8, 4) is 0 Å². The van der Waals surface area contributed by atoms with Crippen molar-refractivity contribution in [3.05, 3.63) is 34.9 Å². The van der Waals surface area contributed by atoms with E-state index in [4.69, 9.17) is 4.74 Å². The first-order chi connectivity index (χ1) is 10.7. The van der Waals surface area contributed by atoms with E-state index in [9.17, 15) is 9.59 Å². The molecule has 0 saturated heterocycles. The highest BCUT2D eigenvalue weighted by Crippen LogP contribution is 2.60. The number of ether oxygens (including phenoxy) is 1. The predicted octanol–water partition coefficient (Wildman–Crippen LogP) is 4.39. The largest absolute Gasteiger partial charge is 0.457 e. The molecule has 23 heavy (non-hydrogen) atoms. The lowest BCUT2D eigenvalue weighted by Gasteiger charge is -2.13. The van der Waals surface area contributed by atoms with Crippen LogP contribution in [0.15, 0.2) is 34.9 Å². The summed E-state index contributed by atoms with van der Waals surface area (Å²) in [6, 6.07) is 0. The Morgan fingerprint density at radius 1 is 1.35 bits per heavy atom. The van der Waals surface area contributed by atoms with Gasteiger partial charge in [0.2, 0.25) is 0 Å². The van der Waals surface area contributed by atoms with Crippen LogP contribution >= 0.6 is 0 Å². The average Bonchev–Trinajstić information content (AvgIpc) is 2.86. The number of hydrogen-bond donors (Lipinski definition) is 0. The third-order valence-corrected chi connectivity index (χ3v) is 5.16. The highest BCUT2D eigenvalue weighted by atomic mass is 16.5. The summed E-state index contributed by atoms with van der Waals surface area (Å²) in [5.41, 5.74) is 2.89. The Kier molecular flexibility index (Phi) is 4.98. The molecule has 0 amide bonds. The summed E-state index contributed by atoms with van der Waals surface area (Å²) < 4.78 is 5.70. The van der Waals surface area contributed by atoms with E-state index in [1.165, 1.54) is 5.57 Å². The van der Waals surface area contributed by atoms with Gasteiger partial charge in [0, 0.05) is 5.57 Å². The van der Waals surface area contributed by atoms with Crippen LogP contribution in [-0.2, 0) is 14.3 Å². The monoisotopic (exact) mass is 316 g/mol. The summed E-state index contributed by atoms with van der Waals surface area (Å²) in [4.78, 5) is 24.7. The van der Waals surface area contributed by atoms with Crippen molar-refractivity contribution in [2.75, 3.05) is 0 Å². The fourth-order valence-corrected chi connectivity index (χ4v) is 3.51. The minimum atomic E-state index is -0.376. The van der Waals surface area contributed by atoms with Crippen LogP contribution in [0.1, 0.15) is 54.4 Å². The normalized spacial score (nSPS) is 29.1. The van der Waals surface area contributed by atoms with E-state index in [1.54, 1.807) is 0 Å². The molecule has 0 unspecified atom stereocenters. The van der Waals surface area contributed by atoms with E-state index in [1.807, 2.05) is 39.8 Å². The molecule has 0 N–H and O–H groups in total. The van der Waals surface area contributed by atoms with Crippen molar-refractivity contribution in [2.45, 2.75) is 60.5 Å². The van der Waals surface area contributed by atoms with Gasteiger partial charge in [-0.15, -0.1) is 0 Å². The summed E-state index contributed by atoms with van der Waals surface area (Å²) in [6.45, 7) is 12.1. The van der Waals surface area contributed by atoms with Crippen LogP contribution in [0, 0.1) is 17.3 Å². The van der Waals surface area contributed by atoms with Gasteiger partial charge in [-0.1, -0.05) is 37.6 Å². The third kappa shape index (κ3) is 3.49. The number of carbonyl (C=O) groups is 2. The van der Waals surface area contributed by atoms with E-state index in [0.717, 1.165) is 11.1 Å². The second-order valence-corrected chi connectivity index (χ2v) is 7.56. The quantitative estimate of drug-likeness (QED) is 0.558. The molecule has 0 heterocycles. The molecule has 0 radical (unpaired) electrons. The van der Waals surface area contributed by atoms with Crippen LogP contribution < -0.4 is 0 Å². The molecule has 126 valence electrons. The van der Waals surface area contributed by atoms with Crippen molar-refractivity contribution in [2.24, 2.45) is 17.3 Å². The Bertz CT molecular complexity index is 600. The van der Waals surface area contributed by atoms with Crippen molar-refractivity contribution in [1.29, 1.82) is 0 Å². The zero-order valence-corrected chi connectivity index (χ0v) is 15.1. The maximum absolute atomic E-state index is 12.5. The minimum Gasteiger partial charge on any atom is -0.457 e. The van der Waals surface area contributed by atoms with Gasteiger partial charge in [-0.3, -0.25) is 9.59 Å². The van der Waals surface area contributed by atoms with Crippen molar-refractivity contribution >= 4 is 11.8 Å². The Labute approximate surface area is 139 Å². The van der Waals surface area contributed by atoms with E-state index in [-0.39, 0.29) is 35.1 Å². The fourth-order valence-electron chi connectivity index (χ4n) is 3.51. The van der Waals surface area contributed by atoms with Gasteiger partial charge in [-0.05, 0) is 51.0 Å². The smallest absolute Gasteiger partial charge is 0.310 e. The first-order valence-corrected chi connectivity index (χ1v) is 8.39. The summed E-state index contributed by atoms with van der Waals surface area (Å²) in [5, 5.41) is 0. The second-order valence-electron chi connectivity index (χ2n) is 7.56. The Hall–Kier alpha value is -1.64. The SMILES string of the molecule is C/C=C\CC1=C(C)[C@@H](OC(=O)[C@@H]2[C@H](C=C(C)C)C2(C)C)CC1=O. The summed E-state index contributed by atoms with van der Waals surface area (Å²) >= 11 is 0. The number of rotatable bonds is 5. The number of carbonyl (C=O) groups excluding carboxylic acids is 2. The van der Waals surface area contributed by atoms with Gasteiger partial charge >= 0.3 is 5.97 Å². The fraction of sp³-hybridized carbons (Fsp3) is 0.600. The summed E-state index contributed by atoms with van der Waals surface area (Å²) in [7, 11) is 0. The van der Waals surface area contributed by atoms with E-state index >= 15 is 0 Å². The van der Waals surface area contributed by atoms with Gasteiger partial charge in [0.1, 0.15) is 6.10 Å². The molecular weight excluding hydrogens is 288 g/mol. The van der Waals surface area contributed by atoms with Crippen molar-refractivity contribution in [3.63, 3.8) is 0 Å². The Morgan fingerprint density at radius 3 is 2.57 bits per heavy atom. The molecule has 1 fully saturated rings. The number of hydrogen-bond acceptors (Lipinski definition) is 3. The molecule has 0 aromatic carbocycles. The molecule has 2 aliphatic rings. The zero-order chi connectivity index (χ0) is 17.4. The summed E-state index contributed by atoms with van der Waals surface area (Å²) in [6.07, 6.45) is 6.61. The van der Waals surface area contributed by atoms with Crippen LogP contribution in [0.4, 0.5) is 0 Å². The van der Waals surface area contributed by atoms with Crippen LogP contribution in [0.2, 0.25) is 0 Å². The first kappa shape index (κ1) is 17.7. The molecule has 0 aromatic rings. The lowest BCUT2D eigenvalue weighted by Crippen LogP contribution is -2.20. The zero-order valence-electron chi connectivity index (χ0n) is 15.1. The molecule has 1 saturated carbocycles. The van der Waals surface area contributed by atoms with Gasteiger partial charge in [0.25, 0.3) is 0 Å². The molecule has 2 rings (SSSR count). The molecule has 3 nitrogen and oxygen atoms in total. The maximum Gasteiger partial charge on any atom is 0.310 e. The Morgan fingerprint density at radius 2 is 2.00 bits per heavy atom. The molecule has 0 bridgehead atoms. The number of ketones is 1. The minimum absolute atomic E-state index is 0.0532. The molecule has 0 aromatic heterocycles. The Balaban J connectivity index is 2.06. The lowest BCUT2D eigenvalue weighted by atomic mass is 10.1. The van der Waals surface area contributed by atoms with Crippen LogP contribution in [0.25, 0.3) is 0 Å². The molecule has 0 aliphatic heterocycles. The predicted molar refractivity (Wildman–Crippen MR) is 91.8 cm³/mol. The second kappa shape index (κ2) is 6.46. The maximum atomic E-state index is 12.5. The van der Waals surface area contributed by atoms with Gasteiger partial charge in [0.15, 0.2) is 5.78 Å². The molecule has 3 atom stereocenters. The van der Waals surface area contributed by atoms with Gasteiger partial charge in [-0.2, -0.15) is 0 Å². The molecular formula is C20H28O3. The lowest BCUT2D eigenvalue weighted by molar-refractivity contribution is -0.150. The van der Waals surface area contributed by atoms with Gasteiger partial charge < -0.3 is 4.74 Å². The van der Waals surface area contributed by atoms with Crippen LogP contribution in [0.5, 0.6) is 0 Å². The van der Waals surface area contributed by atoms with Crippen LogP contribution in [-0.4, -0.2) is 17.9 Å². The highest BCUT2D eigenvalue weighted by molar-refractivity contribution is 6.00. The molecule has 3 heteroatoms. The number of allylic oxidation sites excluding steroid dienone is 5.